The summed E-state index contributed by atoms with van der Waals surface area (Å²) in [6, 6.07) is 10.1. The average molecular weight is 265 g/mol. The summed E-state index contributed by atoms with van der Waals surface area (Å²) in [5, 5.41) is 8.08. The molecule has 1 aromatic rings. The largest absolute Gasteiger partial charge is 0.373 e. The second-order valence-electron chi connectivity index (χ2n) is 4.36. The lowest BCUT2D eigenvalue weighted by Gasteiger charge is -2.10. The fraction of sp³-hybridized carbons (Fsp3) is 0.462. The van der Waals surface area contributed by atoms with Crippen LogP contribution in [-0.2, 0) is 14.6 Å². The first-order chi connectivity index (χ1) is 8.64. The van der Waals surface area contributed by atoms with E-state index < -0.39 is 15.1 Å². The van der Waals surface area contributed by atoms with Crippen molar-refractivity contribution in [2.75, 3.05) is 6.61 Å². The molecule has 0 aromatic heterocycles. The molecule has 0 saturated carbocycles. The van der Waals surface area contributed by atoms with E-state index in [9.17, 15) is 8.42 Å². The molecular weight excluding hydrogens is 250 g/mol. The second kappa shape index (κ2) is 5.51. The maximum Gasteiger partial charge on any atom is 0.194 e. The number of nitrogens with zero attached hydrogens (tertiary/aromatic N) is 1. The Morgan fingerprint density at radius 3 is 2.61 bits per heavy atom. The van der Waals surface area contributed by atoms with E-state index >= 15 is 0 Å². The van der Waals surface area contributed by atoms with Crippen LogP contribution in [0.15, 0.2) is 35.2 Å². The average Bonchev–Trinajstić information content (AvgIpc) is 3.19. The summed E-state index contributed by atoms with van der Waals surface area (Å²) < 4.78 is 29.5. The Hall–Kier alpha value is -1.38. The number of rotatable bonds is 6. The van der Waals surface area contributed by atoms with Crippen molar-refractivity contribution >= 4 is 9.84 Å². The number of benzene rings is 1. The Kier molecular flexibility index (Phi) is 4.00. The molecular formula is C13H15NO3S. The van der Waals surface area contributed by atoms with Gasteiger partial charge in [0.25, 0.3) is 0 Å². The van der Waals surface area contributed by atoms with Crippen molar-refractivity contribution < 1.29 is 13.2 Å². The van der Waals surface area contributed by atoms with Gasteiger partial charge in [-0.05, 0) is 31.4 Å². The number of epoxide rings is 1. The summed E-state index contributed by atoms with van der Waals surface area (Å²) >= 11 is 0. The molecule has 0 radical (unpaired) electrons. The van der Waals surface area contributed by atoms with Gasteiger partial charge in [-0.3, -0.25) is 0 Å². The number of sulfone groups is 1. The molecule has 1 fully saturated rings. The normalized spacial score (nSPS) is 20.1. The van der Waals surface area contributed by atoms with E-state index in [2.05, 4.69) is 0 Å². The molecule has 5 heteroatoms. The van der Waals surface area contributed by atoms with Crippen molar-refractivity contribution in [3.8, 4) is 6.07 Å². The molecule has 1 aliphatic rings. The van der Waals surface area contributed by atoms with Crippen molar-refractivity contribution in [2.24, 2.45) is 0 Å². The second-order valence-corrected chi connectivity index (χ2v) is 6.49. The summed E-state index contributed by atoms with van der Waals surface area (Å²) in [4.78, 5) is 0.222. The Bertz CT molecular complexity index is 529. The Morgan fingerprint density at radius 1 is 1.39 bits per heavy atom. The van der Waals surface area contributed by atoms with Gasteiger partial charge in [0, 0.05) is 0 Å². The summed E-state index contributed by atoms with van der Waals surface area (Å²) in [5.41, 5.74) is 0. The first-order valence-electron chi connectivity index (χ1n) is 5.95. The lowest BCUT2D eigenvalue weighted by Crippen LogP contribution is -2.19. The van der Waals surface area contributed by atoms with Gasteiger partial charge in [-0.2, -0.15) is 5.26 Å². The fourth-order valence-electron chi connectivity index (χ4n) is 1.83. The third-order valence-corrected chi connectivity index (χ3v) is 5.00. The number of hydrogen-bond donors (Lipinski definition) is 0. The van der Waals surface area contributed by atoms with Crippen LogP contribution in [0.4, 0.5) is 0 Å². The Labute approximate surface area is 107 Å². The first-order valence-corrected chi connectivity index (χ1v) is 7.49. The molecule has 96 valence electrons. The maximum absolute atomic E-state index is 12.2. The van der Waals surface area contributed by atoms with Gasteiger partial charge in [-0.15, -0.1) is 0 Å². The van der Waals surface area contributed by atoms with Crippen molar-refractivity contribution in [3.63, 3.8) is 0 Å². The summed E-state index contributed by atoms with van der Waals surface area (Å²) in [7, 11) is -3.53. The SMILES string of the molecule is N#CC(CCCC1CO1)S(=O)(=O)c1ccccc1. The van der Waals surface area contributed by atoms with Crippen LogP contribution in [0.2, 0.25) is 0 Å². The molecule has 0 aliphatic carbocycles. The minimum absolute atomic E-state index is 0.222. The summed E-state index contributed by atoms with van der Waals surface area (Å²) in [5.74, 6) is 0. The lowest BCUT2D eigenvalue weighted by atomic mass is 10.1. The van der Waals surface area contributed by atoms with E-state index in [-0.39, 0.29) is 11.0 Å². The molecule has 0 spiro atoms. The van der Waals surface area contributed by atoms with E-state index in [0.29, 0.717) is 12.8 Å². The van der Waals surface area contributed by atoms with Crippen LogP contribution in [0.1, 0.15) is 19.3 Å². The van der Waals surface area contributed by atoms with Crippen LogP contribution in [0.3, 0.4) is 0 Å². The Morgan fingerprint density at radius 2 is 2.06 bits per heavy atom. The third-order valence-electron chi connectivity index (χ3n) is 2.99. The minimum Gasteiger partial charge on any atom is -0.373 e. The van der Waals surface area contributed by atoms with Gasteiger partial charge in [0.05, 0.1) is 23.7 Å². The van der Waals surface area contributed by atoms with E-state index in [0.717, 1.165) is 13.0 Å². The first kappa shape index (κ1) is 13.1. The van der Waals surface area contributed by atoms with Crippen molar-refractivity contribution in [1.82, 2.24) is 0 Å². The molecule has 0 N–H and O–H groups in total. The molecule has 1 aliphatic heterocycles. The third kappa shape index (κ3) is 3.09. The van der Waals surface area contributed by atoms with Gasteiger partial charge in [0.2, 0.25) is 0 Å². The van der Waals surface area contributed by atoms with Gasteiger partial charge < -0.3 is 4.74 Å². The van der Waals surface area contributed by atoms with Gasteiger partial charge in [-0.1, -0.05) is 18.2 Å². The predicted molar refractivity (Wildman–Crippen MR) is 66.6 cm³/mol. The van der Waals surface area contributed by atoms with Crippen LogP contribution in [0, 0.1) is 11.3 Å². The highest BCUT2D eigenvalue weighted by atomic mass is 32.2. The summed E-state index contributed by atoms with van der Waals surface area (Å²) in [6.45, 7) is 0.767. The quantitative estimate of drug-likeness (QED) is 0.737. The smallest absolute Gasteiger partial charge is 0.194 e. The predicted octanol–water partition coefficient (Wildman–Crippen LogP) is 1.92. The molecule has 1 saturated heterocycles. The van der Waals surface area contributed by atoms with Gasteiger partial charge in [0.1, 0.15) is 0 Å². The molecule has 0 bridgehead atoms. The fourth-order valence-corrected chi connectivity index (χ4v) is 3.31. The molecule has 4 nitrogen and oxygen atoms in total. The molecule has 0 amide bonds. The Balaban J connectivity index is 2.03. The van der Waals surface area contributed by atoms with Crippen molar-refractivity contribution in [2.45, 2.75) is 35.5 Å². The number of ether oxygens (including phenoxy) is 1. The number of nitriles is 1. The zero-order chi connectivity index (χ0) is 13.0. The molecule has 2 unspecified atom stereocenters. The highest BCUT2D eigenvalue weighted by Crippen LogP contribution is 2.22. The van der Waals surface area contributed by atoms with Gasteiger partial charge in [-0.25, -0.2) is 8.42 Å². The standard InChI is InChI=1S/C13H15NO3S/c14-9-13(8-4-5-11-10-17-11)18(15,16)12-6-2-1-3-7-12/h1-3,6-7,11,13H,4-5,8,10H2. The van der Waals surface area contributed by atoms with Gasteiger partial charge >= 0.3 is 0 Å². The molecule has 1 aromatic carbocycles. The van der Waals surface area contributed by atoms with E-state index in [1.54, 1.807) is 18.2 Å². The van der Waals surface area contributed by atoms with Crippen LogP contribution in [-0.4, -0.2) is 26.4 Å². The van der Waals surface area contributed by atoms with E-state index in [1.807, 2.05) is 6.07 Å². The van der Waals surface area contributed by atoms with Crippen LogP contribution in [0.5, 0.6) is 0 Å². The van der Waals surface area contributed by atoms with Crippen LogP contribution >= 0.6 is 0 Å². The van der Waals surface area contributed by atoms with E-state index in [1.165, 1.54) is 12.1 Å². The maximum atomic E-state index is 12.2. The highest BCUT2D eigenvalue weighted by molar-refractivity contribution is 7.92. The van der Waals surface area contributed by atoms with Crippen LogP contribution in [0.25, 0.3) is 0 Å². The topological polar surface area (TPSA) is 70.5 Å². The van der Waals surface area contributed by atoms with Crippen molar-refractivity contribution in [1.29, 1.82) is 5.26 Å². The van der Waals surface area contributed by atoms with Crippen LogP contribution < -0.4 is 0 Å². The minimum atomic E-state index is -3.53. The lowest BCUT2D eigenvalue weighted by molar-refractivity contribution is 0.390. The molecule has 2 atom stereocenters. The highest BCUT2D eigenvalue weighted by Gasteiger charge is 2.28. The molecule has 1 heterocycles. The monoisotopic (exact) mass is 265 g/mol. The van der Waals surface area contributed by atoms with E-state index in [4.69, 9.17) is 10.00 Å². The number of hydrogen-bond acceptors (Lipinski definition) is 4. The van der Waals surface area contributed by atoms with Gasteiger partial charge in [0.15, 0.2) is 15.1 Å². The molecule has 18 heavy (non-hydrogen) atoms. The zero-order valence-electron chi connectivity index (χ0n) is 9.95. The van der Waals surface area contributed by atoms with Crippen molar-refractivity contribution in [3.05, 3.63) is 30.3 Å². The summed E-state index contributed by atoms with van der Waals surface area (Å²) in [6.07, 6.45) is 2.19. The zero-order valence-corrected chi connectivity index (χ0v) is 10.8. The molecule has 2 rings (SSSR count).